The number of oxazole rings is 1. The highest BCUT2D eigenvalue weighted by Gasteiger charge is 2.21. The molecule has 1 N–H and O–H groups in total. The number of aromatic nitrogens is 1. The summed E-state index contributed by atoms with van der Waals surface area (Å²) in [6.07, 6.45) is 2.63. The summed E-state index contributed by atoms with van der Waals surface area (Å²) < 4.78 is 38.3. The van der Waals surface area contributed by atoms with Crippen LogP contribution in [-0.2, 0) is 16.7 Å². The summed E-state index contributed by atoms with van der Waals surface area (Å²) in [6, 6.07) is 16.1. The minimum absolute atomic E-state index is 0.234. The molecule has 6 heteroatoms. The van der Waals surface area contributed by atoms with Gasteiger partial charge in [-0.25, -0.2) is 0 Å². The Hall–Kier alpha value is -2.44. The first-order chi connectivity index (χ1) is 12.0. The lowest BCUT2D eigenvalue weighted by Gasteiger charge is -2.00. The van der Waals surface area contributed by atoms with Gasteiger partial charge in [0.15, 0.2) is 6.54 Å². The minimum Gasteiger partial charge on any atom is -0.398 e. The third kappa shape index (κ3) is 4.15. The second-order valence-corrected chi connectivity index (χ2v) is 7.41. The molecule has 0 spiro atoms. The van der Waals surface area contributed by atoms with Crippen molar-refractivity contribution in [3.8, 4) is 11.1 Å². The van der Waals surface area contributed by atoms with Gasteiger partial charge in [0.2, 0.25) is 5.58 Å². The lowest BCUT2D eigenvalue weighted by Crippen LogP contribution is -2.35. The number of rotatable bonds is 7. The highest BCUT2D eigenvalue weighted by Crippen LogP contribution is 2.24. The van der Waals surface area contributed by atoms with Crippen molar-refractivity contribution >= 4 is 27.3 Å². The topological polar surface area (TPSA) is 71.4 Å². The van der Waals surface area contributed by atoms with Gasteiger partial charge in [0, 0.05) is 18.6 Å². The lowest BCUT2D eigenvalue weighted by atomic mass is 10.1. The molecule has 5 nitrogen and oxygen atoms in total. The Bertz CT molecular complexity index is 991. The van der Waals surface area contributed by atoms with Gasteiger partial charge in [0.1, 0.15) is 0 Å². The van der Waals surface area contributed by atoms with Crippen LogP contribution in [0.5, 0.6) is 0 Å². The summed E-state index contributed by atoms with van der Waals surface area (Å²) in [7, 11) is -3.92. The predicted molar refractivity (Wildman–Crippen MR) is 97.6 cm³/mol. The second-order valence-electron chi connectivity index (χ2n) is 5.84. The number of unbranched alkanes of at least 4 members (excludes halogenated alkanes) is 1. The van der Waals surface area contributed by atoms with E-state index >= 15 is 0 Å². The summed E-state index contributed by atoms with van der Waals surface area (Å²) in [5.74, 6) is 0.397. The Kier molecular flexibility index (Phi) is 5.01. The van der Waals surface area contributed by atoms with Crippen molar-refractivity contribution < 1.29 is 22.0 Å². The van der Waals surface area contributed by atoms with E-state index in [1.165, 1.54) is 0 Å². The number of fused-ring (bicyclic) bond motifs is 1. The molecule has 0 aliphatic rings. The van der Waals surface area contributed by atoms with Gasteiger partial charge in [-0.1, -0.05) is 43.0 Å². The predicted octanol–water partition coefficient (Wildman–Crippen LogP) is 3.70. The zero-order valence-corrected chi connectivity index (χ0v) is 14.6. The van der Waals surface area contributed by atoms with Crippen molar-refractivity contribution in [3.63, 3.8) is 0 Å². The number of hydrogen-bond acceptors (Lipinski definition) is 3. The molecule has 0 radical (unpaired) electrons. The molecule has 0 aliphatic heterocycles. The lowest BCUT2D eigenvalue weighted by molar-refractivity contribution is -0.678. The van der Waals surface area contributed by atoms with Crippen molar-refractivity contribution in [1.29, 1.82) is 0 Å². The number of aryl methyl sites for hydroxylation is 1. The smallest absolute Gasteiger partial charge is 0.373 e. The normalized spacial score (nSPS) is 11.7. The summed E-state index contributed by atoms with van der Waals surface area (Å²) in [5, 5.41) is 0. The molecule has 130 valence electrons. The van der Waals surface area contributed by atoms with Crippen LogP contribution in [0.4, 0.5) is 0 Å². The van der Waals surface area contributed by atoms with E-state index < -0.39 is 10.1 Å². The molecule has 0 aliphatic carbocycles. The molecular weight excluding hydrogens is 338 g/mol. The summed E-state index contributed by atoms with van der Waals surface area (Å²) in [5.41, 5.74) is 3.88. The fourth-order valence-corrected chi connectivity index (χ4v) is 3.42. The van der Waals surface area contributed by atoms with Gasteiger partial charge in [-0.15, -0.1) is 0 Å². The molecular formula is C19H20NO4S+. The van der Waals surface area contributed by atoms with E-state index in [0.717, 1.165) is 22.2 Å². The standard InChI is InChI=1S/C19H19NO4S/c1-2-19-20(12-6-7-13-25(21,22)23)17-14-16(10-11-18(17)24-19)15-8-4-3-5-9-15/h2-5,8-11,14H,1,6-7,12-13H2/p+1. The summed E-state index contributed by atoms with van der Waals surface area (Å²) in [6.45, 7) is 4.37. The molecule has 2 aromatic carbocycles. The highest BCUT2D eigenvalue weighted by molar-refractivity contribution is 7.85. The first-order valence-electron chi connectivity index (χ1n) is 8.07. The monoisotopic (exact) mass is 358 g/mol. The summed E-state index contributed by atoms with van der Waals surface area (Å²) in [4.78, 5) is 0. The third-order valence-electron chi connectivity index (χ3n) is 4.05. The van der Waals surface area contributed by atoms with E-state index in [1.54, 1.807) is 6.08 Å². The van der Waals surface area contributed by atoms with E-state index in [9.17, 15) is 8.42 Å². The van der Waals surface area contributed by atoms with Crippen LogP contribution < -0.4 is 4.57 Å². The minimum atomic E-state index is -3.92. The maximum atomic E-state index is 10.8. The van der Waals surface area contributed by atoms with Crippen molar-refractivity contribution in [2.75, 3.05) is 5.75 Å². The van der Waals surface area contributed by atoms with Gasteiger partial charge in [-0.2, -0.15) is 13.0 Å². The van der Waals surface area contributed by atoms with Crippen LogP contribution in [-0.4, -0.2) is 18.7 Å². The van der Waals surface area contributed by atoms with Gasteiger partial charge >= 0.3 is 5.89 Å². The summed E-state index contributed by atoms with van der Waals surface area (Å²) >= 11 is 0. The van der Waals surface area contributed by atoms with Gasteiger partial charge in [-0.05, 0) is 23.6 Å². The Balaban J connectivity index is 1.91. The van der Waals surface area contributed by atoms with E-state index in [-0.39, 0.29) is 5.75 Å². The Morgan fingerprint density at radius 1 is 1.08 bits per heavy atom. The molecule has 3 rings (SSSR count). The van der Waals surface area contributed by atoms with Crippen LogP contribution in [0.1, 0.15) is 18.7 Å². The van der Waals surface area contributed by atoms with Crippen molar-refractivity contribution in [2.24, 2.45) is 0 Å². The molecule has 1 aromatic heterocycles. The zero-order chi connectivity index (χ0) is 17.9. The molecule has 0 unspecified atom stereocenters. The van der Waals surface area contributed by atoms with Gasteiger partial charge in [-0.3, -0.25) is 4.55 Å². The van der Waals surface area contributed by atoms with Gasteiger partial charge in [0.25, 0.3) is 15.6 Å². The largest absolute Gasteiger partial charge is 0.398 e. The van der Waals surface area contributed by atoms with Crippen LogP contribution >= 0.6 is 0 Å². The van der Waals surface area contributed by atoms with Gasteiger partial charge in [0.05, 0.1) is 5.75 Å². The molecule has 0 saturated carbocycles. The molecule has 0 saturated heterocycles. The van der Waals surface area contributed by atoms with Crippen LogP contribution in [0.15, 0.2) is 59.5 Å². The van der Waals surface area contributed by atoms with Crippen LogP contribution in [0, 0.1) is 0 Å². The van der Waals surface area contributed by atoms with Crippen LogP contribution in [0.25, 0.3) is 28.3 Å². The van der Waals surface area contributed by atoms with Gasteiger partial charge < -0.3 is 4.42 Å². The zero-order valence-electron chi connectivity index (χ0n) is 13.8. The van der Waals surface area contributed by atoms with Crippen LogP contribution in [0.2, 0.25) is 0 Å². The quantitative estimate of drug-likeness (QED) is 0.397. The average molecular weight is 358 g/mol. The van der Waals surface area contributed by atoms with E-state index in [1.807, 2.05) is 47.0 Å². The molecule has 25 heavy (non-hydrogen) atoms. The van der Waals surface area contributed by atoms with Crippen molar-refractivity contribution in [2.45, 2.75) is 19.4 Å². The highest BCUT2D eigenvalue weighted by atomic mass is 32.2. The Morgan fingerprint density at radius 2 is 1.84 bits per heavy atom. The first kappa shape index (κ1) is 17.4. The molecule has 0 atom stereocenters. The first-order valence-corrected chi connectivity index (χ1v) is 9.68. The fourth-order valence-electron chi connectivity index (χ4n) is 2.85. The molecule has 0 fully saturated rings. The van der Waals surface area contributed by atoms with E-state index in [4.69, 9.17) is 8.97 Å². The number of nitrogens with zero attached hydrogens (tertiary/aromatic N) is 1. The number of benzene rings is 2. The maximum Gasteiger partial charge on any atom is 0.373 e. The maximum absolute atomic E-state index is 10.8. The van der Waals surface area contributed by atoms with Crippen LogP contribution in [0.3, 0.4) is 0 Å². The molecule has 3 aromatic rings. The van der Waals surface area contributed by atoms with Crippen molar-refractivity contribution in [3.05, 3.63) is 61.0 Å². The number of hydrogen-bond donors (Lipinski definition) is 1. The van der Waals surface area contributed by atoms with E-state index in [2.05, 4.69) is 12.6 Å². The third-order valence-corrected chi connectivity index (χ3v) is 4.85. The molecule has 0 amide bonds. The Labute approximate surface area is 147 Å². The SMILES string of the molecule is C=Cc1oc2ccc(-c3ccccc3)cc2[n+]1CCCCS(=O)(=O)O. The van der Waals surface area contributed by atoms with E-state index in [0.29, 0.717) is 25.3 Å². The average Bonchev–Trinajstić information content (AvgIpc) is 2.95. The van der Waals surface area contributed by atoms with Crippen molar-refractivity contribution in [1.82, 2.24) is 0 Å². The molecule has 0 bridgehead atoms. The molecule has 1 heterocycles. The Morgan fingerprint density at radius 3 is 2.52 bits per heavy atom. The fraction of sp³-hybridized carbons (Fsp3) is 0.211. The second kappa shape index (κ2) is 7.21.